The van der Waals surface area contributed by atoms with Crippen LogP contribution >= 0.6 is 0 Å². The summed E-state index contributed by atoms with van der Waals surface area (Å²) in [6.45, 7) is 2.61. The first kappa shape index (κ1) is 15.9. The van der Waals surface area contributed by atoms with Gasteiger partial charge in [0, 0.05) is 26.0 Å². The number of methoxy groups -OCH3 is 1. The molecule has 0 aliphatic carbocycles. The number of aromatic nitrogens is 1. The zero-order chi connectivity index (χ0) is 16.3. The Morgan fingerprint density at radius 3 is 2.78 bits per heavy atom. The molecule has 7 nitrogen and oxygen atoms in total. The van der Waals surface area contributed by atoms with E-state index >= 15 is 0 Å². The molecule has 0 atom stereocenters. The van der Waals surface area contributed by atoms with Gasteiger partial charge >= 0.3 is 6.03 Å². The number of nitrogens with one attached hydrogen (secondary N) is 1. The Morgan fingerprint density at radius 1 is 1.35 bits per heavy atom. The van der Waals surface area contributed by atoms with Gasteiger partial charge in [0.25, 0.3) is 5.91 Å². The fourth-order valence-electron chi connectivity index (χ4n) is 3.41. The van der Waals surface area contributed by atoms with Gasteiger partial charge in [-0.2, -0.15) is 0 Å². The van der Waals surface area contributed by atoms with E-state index < -0.39 is 5.54 Å². The van der Waals surface area contributed by atoms with E-state index in [4.69, 9.17) is 4.74 Å². The minimum absolute atomic E-state index is 0.0936. The molecule has 1 N–H and O–H groups in total. The molecule has 23 heavy (non-hydrogen) atoms. The van der Waals surface area contributed by atoms with Gasteiger partial charge in [-0.25, -0.2) is 4.79 Å². The lowest BCUT2D eigenvalue weighted by Gasteiger charge is -2.38. The molecule has 3 amide bonds. The van der Waals surface area contributed by atoms with Gasteiger partial charge in [0.2, 0.25) is 0 Å². The van der Waals surface area contributed by atoms with Gasteiger partial charge < -0.3 is 15.0 Å². The van der Waals surface area contributed by atoms with Crippen molar-refractivity contribution >= 4 is 11.9 Å². The highest BCUT2D eigenvalue weighted by atomic mass is 16.5. The number of piperidine rings is 1. The van der Waals surface area contributed by atoms with Gasteiger partial charge in [-0.05, 0) is 37.6 Å². The van der Waals surface area contributed by atoms with Crippen LogP contribution in [0, 0.1) is 0 Å². The molecule has 1 aromatic rings. The highest BCUT2D eigenvalue weighted by Crippen LogP contribution is 2.36. The minimum atomic E-state index is -0.719. The normalized spacial score (nSPS) is 20.6. The number of carbonyl (C=O) groups is 2. The molecule has 7 heteroatoms. The molecule has 0 saturated carbocycles. The second-order valence-corrected chi connectivity index (χ2v) is 5.96. The van der Waals surface area contributed by atoms with Gasteiger partial charge in [0.1, 0.15) is 5.54 Å². The number of imide groups is 1. The van der Waals surface area contributed by atoms with Crippen LogP contribution in [0.5, 0.6) is 0 Å². The van der Waals surface area contributed by atoms with Gasteiger partial charge in [-0.1, -0.05) is 6.07 Å². The number of carbonyl (C=O) groups excluding carboxylic acids is 2. The smallest absolute Gasteiger partial charge is 0.328 e. The van der Waals surface area contributed by atoms with Crippen LogP contribution in [0.25, 0.3) is 0 Å². The summed E-state index contributed by atoms with van der Waals surface area (Å²) in [6.07, 6.45) is 4.65. The number of pyridine rings is 1. The quantitative estimate of drug-likeness (QED) is 0.805. The van der Waals surface area contributed by atoms with Crippen molar-refractivity contribution in [2.45, 2.75) is 24.9 Å². The van der Waals surface area contributed by atoms with E-state index in [9.17, 15) is 9.59 Å². The van der Waals surface area contributed by atoms with Gasteiger partial charge in [-0.3, -0.25) is 14.7 Å². The maximum absolute atomic E-state index is 13.0. The average molecular weight is 318 g/mol. The molecule has 2 fully saturated rings. The molecule has 1 spiro atoms. The van der Waals surface area contributed by atoms with Crippen LogP contribution in [0.3, 0.4) is 0 Å². The van der Waals surface area contributed by atoms with Gasteiger partial charge in [-0.15, -0.1) is 0 Å². The second-order valence-electron chi connectivity index (χ2n) is 5.96. The molecule has 0 aromatic carbocycles. The fourth-order valence-corrected chi connectivity index (χ4v) is 3.41. The molecule has 0 bridgehead atoms. The van der Waals surface area contributed by atoms with Crippen molar-refractivity contribution in [1.82, 2.24) is 20.1 Å². The Hall–Kier alpha value is -1.99. The number of hydrogen-bond acceptors (Lipinski definition) is 5. The molecule has 1 aromatic heterocycles. The molecule has 124 valence electrons. The summed E-state index contributed by atoms with van der Waals surface area (Å²) in [6, 6.07) is 3.46. The summed E-state index contributed by atoms with van der Waals surface area (Å²) >= 11 is 0. The molecule has 2 saturated heterocycles. The summed E-state index contributed by atoms with van der Waals surface area (Å²) in [4.78, 5) is 33.0. The molecule has 2 aliphatic rings. The highest BCUT2D eigenvalue weighted by molar-refractivity contribution is 6.07. The third-order valence-electron chi connectivity index (χ3n) is 4.63. The standard InChI is InChI=1S/C16H22N4O3/c1-23-10-9-20-15(22)19(12-13-3-2-6-18-11-13)14(21)16(20)4-7-17-8-5-16/h2-3,6,11,17H,4-5,7-10,12H2,1H3. The zero-order valence-corrected chi connectivity index (χ0v) is 13.3. The maximum atomic E-state index is 13.0. The van der Waals surface area contributed by atoms with E-state index in [0.29, 0.717) is 26.0 Å². The summed E-state index contributed by atoms with van der Waals surface area (Å²) in [5, 5.41) is 3.26. The third kappa shape index (κ3) is 2.82. The van der Waals surface area contributed by atoms with E-state index in [-0.39, 0.29) is 18.5 Å². The fraction of sp³-hybridized carbons (Fsp3) is 0.562. The zero-order valence-electron chi connectivity index (χ0n) is 13.3. The van der Waals surface area contributed by atoms with Crippen LogP contribution in [0.4, 0.5) is 4.79 Å². The van der Waals surface area contributed by atoms with Crippen LogP contribution in [0.2, 0.25) is 0 Å². The number of nitrogens with zero attached hydrogens (tertiary/aromatic N) is 3. The largest absolute Gasteiger partial charge is 0.383 e. The minimum Gasteiger partial charge on any atom is -0.383 e. The van der Waals surface area contributed by atoms with Crippen LogP contribution in [0.15, 0.2) is 24.5 Å². The van der Waals surface area contributed by atoms with E-state index in [1.165, 1.54) is 4.90 Å². The predicted octanol–water partition coefficient (Wildman–Crippen LogP) is 0.614. The first-order valence-electron chi connectivity index (χ1n) is 7.91. The molecule has 3 heterocycles. The number of ether oxygens (including phenoxy) is 1. The molecule has 2 aliphatic heterocycles. The molecule has 0 unspecified atom stereocenters. The van der Waals surface area contributed by atoms with Crippen molar-refractivity contribution in [3.05, 3.63) is 30.1 Å². The highest BCUT2D eigenvalue weighted by Gasteiger charge is 2.56. The van der Waals surface area contributed by atoms with E-state index in [2.05, 4.69) is 10.3 Å². The Morgan fingerprint density at radius 2 is 2.13 bits per heavy atom. The van der Waals surface area contributed by atoms with Crippen molar-refractivity contribution < 1.29 is 14.3 Å². The van der Waals surface area contributed by atoms with Crippen LogP contribution in [-0.4, -0.2) is 65.6 Å². The lowest BCUT2D eigenvalue weighted by Crippen LogP contribution is -2.56. The molecule has 0 radical (unpaired) electrons. The first-order valence-corrected chi connectivity index (χ1v) is 7.91. The summed E-state index contributed by atoms with van der Waals surface area (Å²) < 4.78 is 5.13. The van der Waals surface area contributed by atoms with E-state index in [1.807, 2.05) is 12.1 Å². The predicted molar refractivity (Wildman–Crippen MR) is 83.6 cm³/mol. The Kier molecular flexibility index (Phi) is 4.58. The summed E-state index contributed by atoms with van der Waals surface area (Å²) in [5.41, 5.74) is 0.134. The van der Waals surface area contributed by atoms with Gasteiger partial charge in [0.15, 0.2) is 0 Å². The SMILES string of the molecule is COCCN1C(=O)N(Cc2cccnc2)C(=O)C12CCNCC2. The molecule has 3 rings (SSSR count). The Bertz CT molecular complexity index is 572. The van der Waals surface area contributed by atoms with Crippen LogP contribution in [-0.2, 0) is 16.1 Å². The van der Waals surface area contributed by atoms with Crippen molar-refractivity contribution in [3.8, 4) is 0 Å². The average Bonchev–Trinajstić information content (AvgIpc) is 2.77. The van der Waals surface area contributed by atoms with Crippen molar-refractivity contribution in [2.24, 2.45) is 0 Å². The lowest BCUT2D eigenvalue weighted by atomic mass is 9.86. The molecular weight excluding hydrogens is 296 g/mol. The second kappa shape index (κ2) is 6.64. The van der Waals surface area contributed by atoms with Crippen molar-refractivity contribution in [3.63, 3.8) is 0 Å². The summed E-state index contributed by atoms with van der Waals surface area (Å²) in [7, 11) is 1.60. The Balaban J connectivity index is 1.86. The molecular formula is C16H22N4O3. The Labute approximate surface area is 135 Å². The van der Waals surface area contributed by atoms with Crippen LogP contribution in [0.1, 0.15) is 18.4 Å². The van der Waals surface area contributed by atoms with Crippen LogP contribution < -0.4 is 5.32 Å². The van der Waals surface area contributed by atoms with Crippen molar-refractivity contribution in [2.75, 3.05) is 33.4 Å². The van der Waals surface area contributed by atoms with E-state index in [0.717, 1.165) is 18.7 Å². The van der Waals surface area contributed by atoms with Gasteiger partial charge in [0.05, 0.1) is 13.2 Å². The van der Waals surface area contributed by atoms with Crippen molar-refractivity contribution in [1.29, 1.82) is 0 Å². The number of amides is 3. The summed E-state index contributed by atoms with van der Waals surface area (Å²) in [5.74, 6) is -0.0936. The number of rotatable bonds is 5. The number of hydrogen-bond donors (Lipinski definition) is 1. The number of urea groups is 1. The first-order chi connectivity index (χ1) is 11.2. The topological polar surface area (TPSA) is 74.8 Å². The maximum Gasteiger partial charge on any atom is 0.328 e. The van der Waals surface area contributed by atoms with E-state index in [1.54, 1.807) is 24.4 Å². The lowest BCUT2D eigenvalue weighted by molar-refractivity contribution is -0.135. The monoisotopic (exact) mass is 318 g/mol. The third-order valence-corrected chi connectivity index (χ3v) is 4.63.